The van der Waals surface area contributed by atoms with Gasteiger partial charge in [0, 0.05) is 64.2 Å². The van der Waals surface area contributed by atoms with Crippen molar-refractivity contribution in [3.05, 3.63) is 0 Å². The summed E-state index contributed by atoms with van der Waals surface area (Å²) in [7, 11) is 0. The predicted octanol–water partition coefficient (Wildman–Crippen LogP) is 28.2. The Morgan fingerprint density at radius 1 is 0.218 bits per heavy atom. The van der Waals surface area contributed by atoms with Gasteiger partial charge in [0.2, 0.25) is 0 Å². The lowest BCUT2D eigenvalue weighted by Crippen LogP contribution is -2.57. The molecule has 16 aliphatic rings. The van der Waals surface area contributed by atoms with Gasteiger partial charge in [-0.2, -0.15) is 0 Å². The number of hydrogen-bond donors (Lipinski definition) is 3. The largest absolute Gasteiger partial charge is 0.381 e. The molecule has 6 aliphatic heterocycles. The van der Waals surface area contributed by atoms with Gasteiger partial charge < -0.3 is 34.9 Å². The van der Waals surface area contributed by atoms with E-state index in [1.165, 1.54) is 193 Å². The molecule has 8 spiro atoms. The van der Waals surface area contributed by atoms with Gasteiger partial charge in [0.05, 0.1) is 26.4 Å². The molecule has 0 aromatic rings. The lowest BCUT2D eigenvalue weighted by atomic mass is 9.56. The molecule has 6 saturated heterocycles. The fraction of sp³-hybridized carbons (Fsp3) is 1.00. The Balaban J connectivity index is 0.000000544. The van der Waals surface area contributed by atoms with Gasteiger partial charge in [0.1, 0.15) is 0 Å². The molecular formula is C94H191N3O4. The lowest BCUT2D eigenvalue weighted by Gasteiger charge is -2.49. The third-order valence-corrected chi connectivity index (χ3v) is 21.6. The third kappa shape index (κ3) is 50.9. The zero-order chi connectivity index (χ0) is 76.6. The van der Waals surface area contributed by atoms with Crippen LogP contribution in [0.4, 0.5) is 0 Å². The van der Waals surface area contributed by atoms with E-state index in [9.17, 15) is 0 Å². The minimum Gasteiger partial charge on any atom is -0.381 e. The van der Waals surface area contributed by atoms with E-state index in [0.717, 1.165) is 103 Å². The second kappa shape index (κ2) is 49.1. The van der Waals surface area contributed by atoms with Crippen molar-refractivity contribution in [1.82, 2.24) is 16.0 Å². The molecule has 606 valence electrons. The first-order valence-electron chi connectivity index (χ1n) is 44.3. The monoisotopic (exact) mass is 1430 g/mol. The summed E-state index contributed by atoms with van der Waals surface area (Å²) in [4.78, 5) is 0. The second-order valence-electron chi connectivity index (χ2n) is 45.1. The summed E-state index contributed by atoms with van der Waals surface area (Å²) in [6.07, 6.45) is 55.8. The lowest BCUT2D eigenvalue weighted by molar-refractivity contribution is -0.150. The van der Waals surface area contributed by atoms with Gasteiger partial charge in [-0.3, -0.25) is 0 Å². The Bertz CT molecular complexity index is 1530. The molecule has 7 heteroatoms. The van der Waals surface area contributed by atoms with Crippen molar-refractivity contribution in [3.63, 3.8) is 0 Å². The van der Waals surface area contributed by atoms with Crippen LogP contribution in [-0.4, -0.2) is 84.7 Å². The highest BCUT2D eigenvalue weighted by atomic mass is 16.7. The summed E-state index contributed by atoms with van der Waals surface area (Å²) in [6.45, 7) is 74.3. The topological polar surface area (TPSA) is 73.0 Å². The number of rotatable bonds is 0. The molecule has 10 saturated carbocycles. The van der Waals surface area contributed by atoms with Crippen LogP contribution in [0.2, 0.25) is 0 Å². The summed E-state index contributed by atoms with van der Waals surface area (Å²) in [5.41, 5.74) is 7.65. The van der Waals surface area contributed by atoms with Crippen LogP contribution in [0, 0.1) is 83.2 Å². The molecule has 1 atom stereocenters. The maximum absolute atomic E-state index is 5.48. The van der Waals surface area contributed by atoms with E-state index in [0.29, 0.717) is 32.5 Å². The molecule has 0 amide bonds. The first-order chi connectivity index (χ1) is 46.7. The van der Waals surface area contributed by atoms with Crippen molar-refractivity contribution in [2.24, 2.45) is 83.2 Å². The number of piperidine rings is 1. The maximum atomic E-state index is 5.48. The van der Waals surface area contributed by atoms with Crippen LogP contribution in [0.1, 0.15) is 438 Å². The van der Waals surface area contributed by atoms with Crippen LogP contribution in [-0.2, 0) is 18.9 Å². The first-order valence-corrected chi connectivity index (χ1v) is 44.3. The fourth-order valence-corrected chi connectivity index (χ4v) is 15.4. The Hall–Kier alpha value is -0.280. The van der Waals surface area contributed by atoms with E-state index in [2.05, 4.69) is 210 Å². The molecule has 10 aliphatic carbocycles. The third-order valence-electron chi connectivity index (χ3n) is 21.6. The second-order valence-corrected chi connectivity index (χ2v) is 45.1. The van der Waals surface area contributed by atoms with E-state index in [4.69, 9.17) is 18.9 Å². The van der Waals surface area contributed by atoms with Crippen LogP contribution >= 0.6 is 0 Å². The fourth-order valence-electron chi connectivity index (χ4n) is 15.4. The van der Waals surface area contributed by atoms with E-state index in [-0.39, 0.29) is 5.79 Å². The van der Waals surface area contributed by atoms with E-state index in [1.54, 1.807) is 77.0 Å². The van der Waals surface area contributed by atoms with Gasteiger partial charge in [-0.1, -0.05) is 271 Å². The van der Waals surface area contributed by atoms with E-state index in [1.807, 2.05) is 0 Å². The smallest absolute Gasteiger partial charge is 0.168 e. The average Bonchev–Trinajstić information content (AvgIpc) is 1.63. The highest BCUT2D eigenvalue weighted by molar-refractivity contribution is 4.99. The SMILES string of the molecule is C1CC2(C1)CCC2.C1CC2(C1)CCC2.C1CC2(C1)CNC2.C1CC2(C1)CNC2.C1CCC2(C1)CCCC2.C1CCC2(C1)CCOC2.C1CCC2(C1)OCCO2.C1CNCC2(C1)CCOC2.CC(C)(C)C.CC(C)(C)C.CC(C)(C)C.CC(C)(C)C.CC(C)C.CC(C)C.CC(C)C.CC(C)C. The van der Waals surface area contributed by atoms with Gasteiger partial charge in [0.25, 0.3) is 0 Å². The summed E-state index contributed by atoms with van der Waals surface area (Å²) in [6, 6.07) is 0. The van der Waals surface area contributed by atoms with Crippen molar-refractivity contribution in [3.8, 4) is 0 Å². The van der Waals surface area contributed by atoms with Crippen LogP contribution in [0.25, 0.3) is 0 Å². The molecule has 101 heavy (non-hydrogen) atoms. The molecule has 3 N–H and O–H groups in total. The van der Waals surface area contributed by atoms with Crippen LogP contribution in [0.5, 0.6) is 0 Å². The molecule has 0 aromatic heterocycles. The van der Waals surface area contributed by atoms with Crippen molar-refractivity contribution in [2.75, 3.05) is 78.9 Å². The zero-order valence-corrected chi connectivity index (χ0v) is 74.8. The Morgan fingerprint density at radius 3 is 0.584 bits per heavy atom. The summed E-state index contributed by atoms with van der Waals surface area (Å²) in [5.74, 6) is 3.22. The molecular weight excluding hydrogens is 1240 g/mol. The molecule has 1 unspecified atom stereocenters. The molecule has 0 aromatic carbocycles. The molecule has 16 rings (SSSR count). The van der Waals surface area contributed by atoms with Crippen molar-refractivity contribution >= 4 is 0 Å². The van der Waals surface area contributed by atoms with Gasteiger partial charge in [-0.25, -0.2) is 0 Å². The Morgan fingerprint density at radius 2 is 0.416 bits per heavy atom. The van der Waals surface area contributed by atoms with Crippen LogP contribution in [0.15, 0.2) is 0 Å². The molecule has 6 heterocycles. The first kappa shape index (κ1) is 98.7. The highest BCUT2D eigenvalue weighted by Gasteiger charge is 2.45. The summed E-state index contributed by atoms with van der Waals surface area (Å²) in [5, 5.41) is 10.0. The Kier molecular flexibility index (Phi) is 48.0. The molecule has 16 fully saturated rings. The average molecular weight is 1430 g/mol. The van der Waals surface area contributed by atoms with Crippen LogP contribution < -0.4 is 16.0 Å². The highest BCUT2D eigenvalue weighted by Crippen LogP contribution is 2.57. The predicted molar refractivity (Wildman–Crippen MR) is 450 cm³/mol. The van der Waals surface area contributed by atoms with Crippen molar-refractivity contribution in [1.29, 1.82) is 0 Å². The minimum absolute atomic E-state index is 0.111. The normalized spacial score (nSPS) is 25.9. The van der Waals surface area contributed by atoms with E-state index >= 15 is 0 Å². The Labute approximate surface area is 637 Å². The zero-order valence-electron chi connectivity index (χ0n) is 74.8. The number of ether oxygens (including phenoxy) is 4. The van der Waals surface area contributed by atoms with E-state index < -0.39 is 0 Å². The van der Waals surface area contributed by atoms with Gasteiger partial charge in [-0.05, 0) is 238 Å². The van der Waals surface area contributed by atoms with Gasteiger partial charge >= 0.3 is 0 Å². The van der Waals surface area contributed by atoms with Crippen LogP contribution in [0.3, 0.4) is 0 Å². The number of nitrogens with one attached hydrogen (secondary N) is 3. The maximum Gasteiger partial charge on any atom is 0.168 e. The molecule has 0 bridgehead atoms. The van der Waals surface area contributed by atoms with Crippen molar-refractivity contribution < 1.29 is 18.9 Å². The standard InChI is InChI=1S/C9H16.C8H15NO.C8H14O.C7H12O2.2C7H12.2C6H11N.4C5H12.4C4H10/c1-2-6-9(5-1)7-3-4-8-9;1-2-8(6-9-4-1)3-5-10-7-8;1-2-4-8(3-1)5-6-9-7-8;1-2-4-7(3-1)8-5-6-9-7;2*1-3-7(4-1)5-2-6-7;2*1-2-6(3-1)4-7-5-6;4*1-5(2,3)4;4*1-4(2)3/h1-8H2;9H,1-7H2;1-7H2;1-6H2;2*1-6H2;2*7H,1-5H2;4*1-4H3;4*4H,1-3H3. The minimum atomic E-state index is -0.111. The molecule has 0 radical (unpaired) electrons. The quantitative estimate of drug-likeness (QED) is 0.223. The summed E-state index contributed by atoms with van der Waals surface area (Å²) >= 11 is 0. The summed E-state index contributed by atoms with van der Waals surface area (Å²) < 4.78 is 21.7. The van der Waals surface area contributed by atoms with Crippen molar-refractivity contribution in [2.45, 2.75) is 444 Å². The van der Waals surface area contributed by atoms with Gasteiger partial charge in [0.15, 0.2) is 5.79 Å². The number of hydrogen-bond acceptors (Lipinski definition) is 7. The van der Waals surface area contributed by atoms with Gasteiger partial charge in [-0.15, -0.1) is 0 Å². The molecule has 7 nitrogen and oxygen atoms in total.